The van der Waals surface area contributed by atoms with Gasteiger partial charge in [0.2, 0.25) is 0 Å². The fraction of sp³-hybridized carbons (Fsp3) is 0.0714. The van der Waals surface area contributed by atoms with Gasteiger partial charge in [-0.15, -0.1) is 23.7 Å². The molecule has 2 nitrogen and oxygen atoms in total. The Kier molecular flexibility index (Phi) is 3.55. The molecule has 4 heteroatoms. The molecule has 0 saturated carbocycles. The van der Waals surface area contributed by atoms with Gasteiger partial charge in [0.05, 0.1) is 10.2 Å². The first kappa shape index (κ1) is 12.9. The summed E-state index contributed by atoms with van der Waals surface area (Å²) in [7, 11) is 0. The SMILES string of the molecule is Cc1cc(-c2nc3ccccc3s2)ccc1N.Cl. The Balaban J connectivity index is 0.00000120. The van der Waals surface area contributed by atoms with E-state index in [1.165, 1.54) is 4.70 Å². The number of nitrogens with zero attached hydrogens (tertiary/aromatic N) is 1. The minimum absolute atomic E-state index is 0. The Bertz CT molecular complexity index is 658. The molecule has 18 heavy (non-hydrogen) atoms. The van der Waals surface area contributed by atoms with Crippen LogP contribution in [0.4, 0.5) is 5.69 Å². The normalized spacial score (nSPS) is 10.3. The molecule has 0 aliphatic heterocycles. The molecule has 1 heterocycles. The van der Waals surface area contributed by atoms with Crippen molar-refractivity contribution in [1.82, 2.24) is 4.98 Å². The molecule has 0 fully saturated rings. The number of nitrogen functional groups attached to an aromatic ring is 1. The first-order chi connectivity index (χ1) is 8.24. The predicted octanol–water partition coefficient (Wildman–Crippen LogP) is 4.28. The van der Waals surface area contributed by atoms with Gasteiger partial charge in [-0.05, 0) is 42.8 Å². The second-order valence-corrected chi connectivity index (χ2v) is 5.09. The molecule has 0 amide bonds. The molecule has 2 aromatic carbocycles. The minimum Gasteiger partial charge on any atom is -0.399 e. The van der Waals surface area contributed by atoms with E-state index in [2.05, 4.69) is 17.1 Å². The zero-order valence-corrected chi connectivity index (χ0v) is 11.5. The van der Waals surface area contributed by atoms with Crippen LogP contribution in [0, 0.1) is 6.92 Å². The van der Waals surface area contributed by atoms with Crippen molar-refractivity contribution in [3.8, 4) is 10.6 Å². The lowest BCUT2D eigenvalue weighted by Gasteiger charge is -2.01. The number of rotatable bonds is 1. The Hall–Kier alpha value is -1.58. The summed E-state index contributed by atoms with van der Waals surface area (Å²) in [6.07, 6.45) is 0. The number of fused-ring (bicyclic) bond motifs is 1. The standard InChI is InChI=1S/C14H12N2S.ClH/c1-9-8-10(6-7-11(9)15)14-16-12-4-2-3-5-13(12)17-14;/h2-8H,15H2,1H3;1H. The number of nitrogens with two attached hydrogens (primary N) is 1. The van der Waals surface area contributed by atoms with Crippen LogP contribution in [-0.2, 0) is 0 Å². The lowest BCUT2D eigenvalue weighted by atomic mass is 10.1. The summed E-state index contributed by atoms with van der Waals surface area (Å²) < 4.78 is 1.22. The first-order valence-corrected chi connectivity index (χ1v) is 6.28. The molecule has 0 aliphatic carbocycles. The Labute approximate surface area is 116 Å². The van der Waals surface area contributed by atoms with E-state index in [0.717, 1.165) is 27.3 Å². The van der Waals surface area contributed by atoms with Gasteiger partial charge in [0.25, 0.3) is 0 Å². The topological polar surface area (TPSA) is 38.9 Å². The van der Waals surface area contributed by atoms with Crippen molar-refractivity contribution in [3.63, 3.8) is 0 Å². The van der Waals surface area contributed by atoms with Crippen LogP contribution < -0.4 is 5.73 Å². The van der Waals surface area contributed by atoms with Crippen LogP contribution in [-0.4, -0.2) is 4.98 Å². The maximum atomic E-state index is 5.82. The summed E-state index contributed by atoms with van der Waals surface area (Å²) in [5, 5.41) is 1.05. The van der Waals surface area contributed by atoms with E-state index in [-0.39, 0.29) is 12.4 Å². The number of aromatic nitrogens is 1. The van der Waals surface area contributed by atoms with Crippen LogP contribution >= 0.6 is 23.7 Å². The van der Waals surface area contributed by atoms with Gasteiger partial charge in [-0.2, -0.15) is 0 Å². The summed E-state index contributed by atoms with van der Waals surface area (Å²) in [6, 6.07) is 14.3. The molecular weight excluding hydrogens is 264 g/mol. The highest BCUT2D eigenvalue weighted by Gasteiger charge is 2.06. The molecular formula is C14H13ClN2S. The third-order valence-electron chi connectivity index (χ3n) is 2.81. The highest BCUT2D eigenvalue weighted by molar-refractivity contribution is 7.21. The monoisotopic (exact) mass is 276 g/mol. The minimum atomic E-state index is 0. The van der Waals surface area contributed by atoms with E-state index < -0.39 is 0 Å². The maximum absolute atomic E-state index is 5.82. The molecule has 0 saturated heterocycles. The smallest absolute Gasteiger partial charge is 0.124 e. The molecule has 0 aliphatic rings. The van der Waals surface area contributed by atoms with E-state index in [9.17, 15) is 0 Å². The third kappa shape index (κ3) is 2.19. The highest BCUT2D eigenvalue weighted by atomic mass is 35.5. The fourth-order valence-corrected chi connectivity index (χ4v) is 2.77. The van der Waals surface area contributed by atoms with E-state index in [1.54, 1.807) is 11.3 Å². The van der Waals surface area contributed by atoms with Crippen molar-refractivity contribution < 1.29 is 0 Å². The number of benzene rings is 2. The number of aryl methyl sites for hydroxylation is 1. The zero-order chi connectivity index (χ0) is 11.8. The van der Waals surface area contributed by atoms with Crippen LogP contribution in [0.1, 0.15) is 5.56 Å². The van der Waals surface area contributed by atoms with E-state index in [4.69, 9.17) is 5.73 Å². The van der Waals surface area contributed by atoms with Crippen LogP contribution in [0.3, 0.4) is 0 Å². The predicted molar refractivity (Wildman–Crippen MR) is 81.5 cm³/mol. The lowest BCUT2D eigenvalue weighted by molar-refractivity contribution is 1.43. The average molecular weight is 277 g/mol. The van der Waals surface area contributed by atoms with Crippen molar-refractivity contribution in [3.05, 3.63) is 48.0 Å². The number of halogens is 1. The number of hydrogen-bond donors (Lipinski definition) is 1. The zero-order valence-electron chi connectivity index (χ0n) is 9.88. The molecule has 0 spiro atoms. The molecule has 3 aromatic rings. The van der Waals surface area contributed by atoms with Crippen molar-refractivity contribution in [1.29, 1.82) is 0 Å². The summed E-state index contributed by atoms with van der Waals surface area (Å²) in [5.41, 5.74) is 9.95. The van der Waals surface area contributed by atoms with Gasteiger partial charge in [0.1, 0.15) is 5.01 Å². The van der Waals surface area contributed by atoms with E-state index in [0.29, 0.717) is 0 Å². The molecule has 3 rings (SSSR count). The molecule has 1 aromatic heterocycles. The number of hydrogen-bond acceptors (Lipinski definition) is 3. The van der Waals surface area contributed by atoms with Crippen molar-refractivity contribution in [2.75, 3.05) is 5.73 Å². The largest absolute Gasteiger partial charge is 0.399 e. The second-order valence-electron chi connectivity index (χ2n) is 4.06. The van der Waals surface area contributed by atoms with Gasteiger partial charge in [-0.1, -0.05) is 12.1 Å². The summed E-state index contributed by atoms with van der Waals surface area (Å²) in [4.78, 5) is 4.63. The molecule has 0 radical (unpaired) electrons. The quantitative estimate of drug-likeness (QED) is 0.674. The number of para-hydroxylation sites is 1. The van der Waals surface area contributed by atoms with Crippen molar-refractivity contribution >= 4 is 39.6 Å². The third-order valence-corrected chi connectivity index (χ3v) is 3.90. The fourth-order valence-electron chi connectivity index (χ4n) is 1.80. The Morgan fingerprint density at radius 1 is 1.11 bits per heavy atom. The van der Waals surface area contributed by atoms with E-state index >= 15 is 0 Å². The maximum Gasteiger partial charge on any atom is 0.124 e. The van der Waals surface area contributed by atoms with Gasteiger partial charge >= 0.3 is 0 Å². The van der Waals surface area contributed by atoms with Crippen molar-refractivity contribution in [2.45, 2.75) is 6.92 Å². The van der Waals surface area contributed by atoms with Gasteiger partial charge < -0.3 is 5.73 Å². The van der Waals surface area contributed by atoms with Crippen molar-refractivity contribution in [2.24, 2.45) is 0 Å². The highest BCUT2D eigenvalue weighted by Crippen LogP contribution is 2.31. The number of thiazole rings is 1. The Morgan fingerprint density at radius 2 is 1.89 bits per heavy atom. The van der Waals surface area contributed by atoms with Gasteiger partial charge in [0, 0.05) is 11.3 Å². The van der Waals surface area contributed by atoms with Gasteiger partial charge in [0.15, 0.2) is 0 Å². The summed E-state index contributed by atoms with van der Waals surface area (Å²) >= 11 is 1.71. The first-order valence-electron chi connectivity index (χ1n) is 5.46. The lowest BCUT2D eigenvalue weighted by Crippen LogP contribution is -1.89. The van der Waals surface area contributed by atoms with Crippen LogP contribution in [0.5, 0.6) is 0 Å². The summed E-state index contributed by atoms with van der Waals surface area (Å²) in [5.74, 6) is 0. The van der Waals surface area contributed by atoms with Crippen LogP contribution in [0.2, 0.25) is 0 Å². The van der Waals surface area contributed by atoms with Crippen LogP contribution in [0.15, 0.2) is 42.5 Å². The molecule has 0 unspecified atom stereocenters. The van der Waals surface area contributed by atoms with Crippen LogP contribution in [0.25, 0.3) is 20.8 Å². The summed E-state index contributed by atoms with van der Waals surface area (Å²) in [6.45, 7) is 2.02. The van der Waals surface area contributed by atoms with Gasteiger partial charge in [-0.3, -0.25) is 0 Å². The van der Waals surface area contributed by atoms with E-state index in [1.807, 2.05) is 37.3 Å². The molecule has 0 atom stereocenters. The molecule has 0 bridgehead atoms. The number of anilines is 1. The Morgan fingerprint density at radius 3 is 2.61 bits per heavy atom. The average Bonchev–Trinajstić information content (AvgIpc) is 2.76. The van der Waals surface area contributed by atoms with Gasteiger partial charge in [-0.25, -0.2) is 4.98 Å². The molecule has 2 N–H and O–H groups in total. The molecule has 92 valence electrons. The second kappa shape index (κ2) is 4.96.